The summed E-state index contributed by atoms with van der Waals surface area (Å²) in [5, 5.41) is 3.62. The van der Waals surface area contributed by atoms with Gasteiger partial charge in [-0.15, -0.1) is 0 Å². The summed E-state index contributed by atoms with van der Waals surface area (Å²) in [5.41, 5.74) is 0.626. The Hall–Kier alpha value is -1.75. The number of likely N-dealkylation sites (tertiary alicyclic amines) is 1. The Balaban J connectivity index is 2.21. The predicted octanol–water partition coefficient (Wildman–Crippen LogP) is 2.69. The minimum absolute atomic E-state index is 0.137. The standard InChI is InChI=1S/C15H19ClN2O3/c1-4-21-13-6-5-10(16)7-11(13)17-12-8-14(19)18(9(2)3)15(12)20/h5-7,9,12,17H,4,8H2,1-3H3. The van der Waals surface area contributed by atoms with Gasteiger partial charge in [-0.25, -0.2) is 0 Å². The van der Waals surface area contributed by atoms with Gasteiger partial charge < -0.3 is 10.1 Å². The monoisotopic (exact) mass is 310 g/mol. The summed E-state index contributed by atoms with van der Waals surface area (Å²) >= 11 is 5.99. The van der Waals surface area contributed by atoms with Crippen LogP contribution in [0.15, 0.2) is 18.2 Å². The van der Waals surface area contributed by atoms with Crippen molar-refractivity contribution in [2.24, 2.45) is 0 Å². The third-order valence-electron chi connectivity index (χ3n) is 3.27. The summed E-state index contributed by atoms with van der Waals surface area (Å²) in [6, 6.07) is 4.46. The Kier molecular flexibility index (Phi) is 4.73. The van der Waals surface area contributed by atoms with E-state index >= 15 is 0 Å². The van der Waals surface area contributed by atoms with Crippen molar-refractivity contribution in [3.05, 3.63) is 23.2 Å². The summed E-state index contributed by atoms with van der Waals surface area (Å²) in [4.78, 5) is 25.5. The molecule has 114 valence electrons. The number of hydrogen-bond donors (Lipinski definition) is 1. The first-order chi connectivity index (χ1) is 9.93. The van der Waals surface area contributed by atoms with Crippen molar-refractivity contribution in [2.75, 3.05) is 11.9 Å². The summed E-state index contributed by atoms with van der Waals surface area (Å²) in [6.45, 7) is 6.03. The van der Waals surface area contributed by atoms with Crippen LogP contribution >= 0.6 is 11.6 Å². The molecule has 0 saturated carbocycles. The molecule has 1 aliphatic rings. The van der Waals surface area contributed by atoms with E-state index in [1.54, 1.807) is 18.2 Å². The number of halogens is 1. The summed E-state index contributed by atoms with van der Waals surface area (Å²) in [7, 11) is 0. The number of nitrogens with zero attached hydrogens (tertiary/aromatic N) is 1. The number of ether oxygens (including phenoxy) is 1. The molecule has 0 aliphatic carbocycles. The zero-order valence-electron chi connectivity index (χ0n) is 12.4. The van der Waals surface area contributed by atoms with E-state index in [1.165, 1.54) is 4.90 Å². The number of rotatable bonds is 5. The predicted molar refractivity (Wildman–Crippen MR) is 81.6 cm³/mol. The smallest absolute Gasteiger partial charge is 0.252 e. The Morgan fingerprint density at radius 2 is 2.14 bits per heavy atom. The number of anilines is 1. The molecule has 0 radical (unpaired) electrons. The number of nitrogens with one attached hydrogen (secondary N) is 1. The first-order valence-electron chi connectivity index (χ1n) is 6.98. The first kappa shape index (κ1) is 15.6. The fourth-order valence-corrected chi connectivity index (χ4v) is 2.56. The van der Waals surface area contributed by atoms with Gasteiger partial charge in [-0.05, 0) is 39.0 Å². The number of benzene rings is 1. The normalized spacial score (nSPS) is 18.5. The van der Waals surface area contributed by atoms with Crippen LogP contribution in [0.1, 0.15) is 27.2 Å². The highest BCUT2D eigenvalue weighted by Crippen LogP contribution is 2.30. The highest BCUT2D eigenvalue weighted by Gasteiger charge is 2.40. The van der Waals surface area contributed by atoms with Gasteiger partial charge in [0.2, 0.25) is 5.91 Å². The molecule has 0 aromatic heterocycles. The van der Waals surface area contributed by atoms with Gasteiger partial charge in [-0.2, -0.15) is 0 Å². The lowest BCUT2D eigenvalue weighted by atomic mass is 10.2. The van der Waals surface area contributed by atoms with E-state index in [9.17, 15) is 9.59 Å². The van der Waals surface area contributed by atoms with Crippen molar-refractivity contribution in [1.82, 2.24) is 4.90 Å². The highest BCUT2D eigenvalue weighted by atomic mass is 35.5. The lowest BCUT2D eigenvalue weighted by Gasteiger charge is -2.20. The molecule has 1 N–H and O–H groups in total. The number of carbonyl (C=O) groups is 2. The molecule has 5 nitrogen and oxygen atoms in total. The van der Waals surface area contributed by atoms with Crippen molar-refractivity contribution >= 4 is 29.1 Å². The molecule has 2 amide bonds. The largest absolute Gasteiger partial charge is 0.492 e. The number of carbonyl (C=O) groups excluding carboxylic acids is 2. The molecule has 0 bridgehead atoms. The SMILES string of the molecule is CCOc1ccc(Cl)cc1NC1CC(=O)N(C(C)C)C1=O. The molecule has 21 heavy (non-hydrogen) atoms. The molecule has 1 aliphatic heterocycles. The summed E-state index contributed by atoms with van der Waals surface area (Å²) < 4.78 is 5.51. The maximum absolute atomic E-state index is 12.3. The Bertz CT molecular complexity index is 560. The van der Waals surface area contributed by atoms with Crippen LogP contribution in [0.3, 0.4) is 0 Å². The molecule has 1 unspecified atom stereocenters. The van der Waals surface area contributed by atoms with Gasteiger partial charge in [-0.3, -0.25) is 14.5 Å². The third-order valence-corrected chi connectivity index (χ3v) is 3.51. The highest BCUT2D eigenvalue weighted by molar-refractivity contribution is 6.31. The molecule has 1 saturated heterocycles. The van der Waals surface area contributed by atoms with Gasteiger partial charge in [-0.1, -0.05) is 11.6 Å². The van der Waals surface area contributed by atoms with Crippen molar-refractivity contribution < 1.29 is 14.3 Å². The Morgan fingerprint density at radius 1 is 1.43 bits per heavy atom. The van der Waals surface area contributed by atoms with Crippen LogP contribution in [0.25, 0.3) is 0 Å². The number of amides is 2. The molecule has 1 aromatic carbocycles. The van der Waals surface area contributed by atoms with E-state index in [0.717, 1.165) is 0 Å². The van der Waals surface area contributed by atoms with Crippen LogP contribution in [-0.4, -0.2) is 35.4 Å². The van der Waals surface area contributed by atoms with Crippen LogP contribution in [0.5, 0.6) is 5.75 Å². The summed E-state index contributed by atoms with van der Waals surface area (Å²) in [5.74, 6) is 0.245. The van der Waals surface area contributed by atoms with E-state index in [2.05, 4.69) is 5.32 Å². The second-order valence-electron chi connectivity index (χ2n) is 5.17. The van der Waals surface area contributed by atoms with Crippen LogP contribution < -0.4 is 10.1 Å². The molecule has 1 heterocycles. The minimum Gasteiger partial charge on any atom is -0.492 e. The Morgan fingerprint density at radius 3 is 2.71 bits per heavy atom. The maximum Gasteiger partial charge on any atom is 0.252 e. The number of hydrogen-bond acceptors (Lipinski definition) is 4. The van der Waals surface area contributed by atoms with E-state index in [0.29, 0.717) is 23.1 Å². The van der Waals surface area contributed by atoms with Gasteiger partial charge in [0.05, 0.1) is 18.7 Å². The lowest BCUT2D eigenvalue weighted by Crippen LogP contribution is -2.39. The molecular weight excluding hydrogens is 292 g/mol. The second kappa shape index (κ2) is 6.35. The first-order valence-corrected chi connectivity index (χ1v) is 7.36. The third kappa shape index (κ3) is 3.29. The molecule has 1 aromatic rings. The van der Waals surface area contributed by atoms with Crippen LogP contribution in [-0.2, 0) is 9.59 Å². The van der Waals surface area contributed by atoms with Gasteiger partial charge in [0.25, 0.3) is 5.91 Å². The zero-order valence-corrected chi connectivity index (χ0v) is 13.1. The van der Waals surface area contributed by atoms with E-state index in [4.69, 9.17) is 16.3 Å². The molecule has 0 spiro atoms. The fraction of sp³-hybridized carbons (Fsp3) is 0.467. The fourth-order valence-electron chi connectivity index (χ4n) is 2.39. The molecular formula is C15H19ClN2O3. The van der Waals surface area contributed by atoms with Crippen molar-refractivity contribution in [3.63, 3.8) is 0 Å². The van der Waals surface area contributed by atoms with Crippen LogP contribution in [0, 0.1) is 0 Å². The molecule has 6 heteroatoms. The maximum atomic E-state index is 12.3. The molecule has 1 atom stereocenters. The average molecular weight is 311 g/mol. The molecule has 1 fully saturated rings. The van der Waals surface area contributed by atoms with Gasteiger partial charge in [0, 0.05) is 11.1 Å². The summed E-state index contributed by atoms with van der Waals surface area (Å²) in [6.07, 6.45) is 0.148. The Labute approximate surface area is 129 Å². The van der Waals surface area contributed by atoms with Gasteiger partial charge >= 0.3 is 0 Å². The topological polar surface area (TPSA) is 58.6 Å². The van der Waals surface area contributed by atoms with Crippen molar-refractivity contribution in [2.45, 2.75) is 39.3 Å². The van der Waals surface area contributed by atoms with Gasteiger partial charge in [0.15, 0.2) is 0 Å². The molecule has 2 rings (SSSR count). The van der Waals surface area contributed by atoms with E-state index in [-0.39, 0.29) is 24.3 Å². The average Bonchev–Trinajstić information content (AvgIpc) is 2.68. The lowest BCUT2D eigenvalue weighted by molar-refractivity contribution is -0.140. The van der Waals surface area contributed by atoms with Crippen LogP contribution in [0.4, 0.5) is 5.69 Å². The zero-order chi connectivity index (χ0) is 15.6. The van der Waals surface area contributed by atoms with Crippen molar-refractivity contribution in [1.29, 1.82) is 0 Å². The quantitative estimate of drug-likeness (QED) is 0.850. The van der Waals surface area contributed by atoms with E-state index in [1.807, 2.05) is 20.8 Å². The van der Waals surface area contributed by atoms with Crippen molar-refractivity contribution in [3.8, 4) is 5.75 Å². The van der Waals surface area contributed by atoms with Crippen LogP contribution in [0.2, 0.25) is 5.02 Å². The van der Waals surface area contributed by atoms with E-state index < -0.39 is 6.04 Å². The minimum atomic E-state index is -0.572. The second-order valence-corrected chi connectivity index (χ2v) is 5.61. The van der Waals surface area contributed by atoms with Gasteiger partial charge in [0.1, 0.15) is 11.8 Å². The number of imide groups is 1.